The van der Waals surface area contributed by atoms with Gasteiger partial charge in [0.2, 0.25) is 5.91 Å². The van der Waals surface area contributed by atoms with Crippen LogP contribution in [0.5, 0.6) is 11.5 Å². The summed E-state index contributed by atoms with van der Waals surface area (Å²) in [6.07, 6.45) is 2.29. The van der Waals surface area contributed by atoms with E-state index in [1.54, 1.807) is 42.5 Å². The number of nitrogens with zero attached hydrogens (tertiary/aromatic N) is 2. The number of unbranched alkanes of at least 4 members (excludes halogenated alkanes) is 1. The van der Waals surface area contributed by atoms with E-state index in [1.807, 2.05) is 17.5 Å². The van der Waals surface area contributed by atoms with Crippen molar-refractivity contribution in [2.75, 3.05) is 47.4 Å². The van der Waals surface area contributed by atoms with Crippen LogP contribution in [0.2, 0.25) is 0 Å². The molecule has 2 aromatic rings. The zero-order valence-electron chi connectivity index (χ0n) is 20.2. The van der Waals surface area contributed by atoms with E-state index in [1.165, 1.54) is 7.11 Å². The van der Waals surface area contributed by atoms with Gasteiger partial charge in [-0.1, -0.05) is 26.3 Å². The summed E-state index contributed by atoms with van der Waals surface area (Å²) in [5.41, 5.74) is 1.14. The van der Waals surface area contributed by atoms with Crippen LogP contribution in [0.15, 0.2) is 29.6 Å². The molecule has 0 radical (unpaired) electrons. The van der Waals surface area contributed by atoms with Crippen molar-refractivity contribution in [1.82, 2.24) is 15.1 Å². The molecule has 33 heavy (non-hydrogen) atoms. The van der Waals surface area contributed by atoms with Gasteiger partial charge in [-0.05, 0) is 48.7 Å². The van der Waals surface area contributed by atoms with E-state index in [9.17, 15) is 9.59 Å². The molecule has 0 fully saturated rings. The van der Waals surface area contributed by atoms with E-state index in [4.69, 9.17) is 9.47 Å². The fourth-order valence-electron chi connectivity index (χ4n) is 4.40. The second-order valence-electron chi connectivity index (χ2n) is 8.23. The lowest BCUT2D eigenvalue weighted by molar-refractivity contribution is -0.124. The Balaban J connectivity index is 1.94. The van der Waals surface area contributed by atoms with Crippen LogP contribution >= 0.6 is 11.3 Å². The summed E-state index contributed by atoms with van der Waals surface area (Å²) in [4.78, 5) is 31.9. The van der Waals surface area contributed by atoms with Crippen LogP contribution in [0.3, 0.4) is 0 Å². The highest BCUT2D eigenvalue weighted by atomic mass is 32.1. The second-order valence-corrected chi connectivity index (χ2v) is 9.21. The van der Waals surface area contributed by atoms with Crippen molar-refractivity contribution >= 4 is 23.2 Å². The van der Waals surface area contributed by atoms with Crippen molar-refractivity contribution in [3.8, 4) is 11.5 Å². The number of carbonyl (C=O) groups is 2. The summed E-state index contributed by atoms with van der Waals surface area (Å²) in [5, 5.41) is 5.11. The predicted molar refractivity (Wildman–Crippen MR) is 131 cm³/mol. The Bertz CT molecular complexity index is 947. The van der Waals surface area contributed by atoms with E-state index in [2.05, 4.69) is 24.1 Å². The third-order valence-corrected chi connectivity index (χ3v) is 7.24. The van der Waals surface area contributed by atoms with Gasteiger partial charge in [-0.25, -0.2) is 0 Å². The first-order valence-corrected chi connectivity index (χ1v) is 12.4. The molecule has 180 valence electrons. The molecule has 1 aliphatic rings. The molecule has 7 nitrogen and oxygen atoms in total. The van der Waals surface area contributed by atoms with Gasteiger partial charge in [0.05, 0.1) is 26.2 Å². The standard InChI is InChI=1S/C25H35N3O4S/c1-6-8-12-28(7-2)13-11-26-24(29)22-17-15-19(31-4)20(32-5)16-18(17)25(30)27(3)23(22)21-10-9-14-33-21/h9-10,14-16,22-23H,6-8,11-13H2,1-5H3,(H,26,29)/t22-,23-/m1/s1. The quantitative estimate of drug-likeness (QED) is 0.536. The molecule has 0 aliphatic carbocycles. The number of methoxy groups -OCH3 is 2. The summed E-state index contributed by atoms with van der Waals surface area (Å²) < 4.78 is 10.9. The number of hydrogen-bond donors (Lipinski definition) is 1. The van der Waals surface area contributed by atoms with E-state index in [0.29, 0.717) is 29.2 Å². The van der Waals surface area contributed by atoms with Gasteiger partial charge in [0.1, 0.15) is 0 Å². The number of rotatable bonds is 11. The summed E-state index contributed by atoms with van der Waals surface area (Å²) >= 11 is 1.55. The maximum Gasteiger partial charge on any atom is 0.254 e. The molecule has 0 bridgehead atoms. The Kier molecular flexibility index (Phi) is 8.74. The van der Waals surface area contributed by atoms with Gasteiger partial charge in [-0.15, -0.1) is 11.3 Å². The van der Waals surface area contributed by atoms with Crippen LogP contribution in [-0.4, -0.2) is 69.1 Å². The van der Waals surface area contributed by atoms with Crippen LogP contribution in [0.1, 0.15) is 59.4 Å². The molecule has 0 unspecified atom stereocenters. The zero-order valence-corrected chi connectivity index (χ0v) is 21.0. The maximum atomic E-state index is 13.6. The van der Waals surface area contributed by atoms with Crippen molar-refractivity contribution in [1.29, 1.82) is 0 Å². The summed E-state index contributed by atoms with van der Waals surface area (Å²) in [6, 6.07) is 7.01. The summed E-state index contributed by atoms with van der Waals surface area (Å²) in [6.45, 7) is 7.66. The van der Waals surface area contributed by atoms with Crippen molar-refractivity contribution in [3.63, 3.8) is 0 Å². The Labute approximate surface area is 200 Å². The summed E-state index contributed by atoms with van der Waals surface area (Å²) in [5.74, 6) is 0.207. The normalized spacial score (nSPS) is 17.8. The molecule has 2 heterocycles. The van der Waals surface area contributed by atoms with Gasteiger partial charge in [0.15, 0.2) is 11.5 Å². The SMILES string of the molecule is CCCCN(CC)CCNC(=O)[C@@H]1c2cc(OC)c(OC)cc2C(=O)N(C)[C@@H]1c1cccs1. The van der Waals surface area contributed by atoms with Gasteiger partial charge >= 0.3 is 0 Å². The molecule has 0 saturated heterocycles. The second kappa shape index (κ2) is 11.5. The van der Waals surface area contributed by atoms with Gasteiger partial charge in [0, 0.05) is 30.6 Å². The topological polar surface area (TPSA) is 71.1 Å². The van der Waals surface area contributed by atoms with Crippen molar-refractivity contribution in [2.24, 2.45) is 0 Å². The molecule has 2 amide bonds. The van der Waals surface area contributed by atoms with Gasteiger partial charge < -0.3 is 24.6 Å². The monoisotopic (exact) mass is 473 g/mol. The number of nitrogens with one attached hydrogen (secondary N) is 1. The lowest BCUT2D eigenvalue weighted by Crippen LogP contribution is -2.46. The molecule has 1 aromatic carbocycles. The molecule has 8 heteroatoms. The first-order valence-electron chi connectivity index (χ1n) is 11.5. The van der Waals surface area contributed by atoms with E-state index in [0.717, 1.165) is 37.4 Å². The van der Waals surface area contributed by atoms with Gasteiger partial charge in [-0.2, -0.15) is 0 Å². The average Bonchev–Trinajstić information content (AvgIpc) is 3.36. The minimum Gasteiger partial charge on any atom is -0.493 e. The molecule has 0 saturated carbocycles. The average molecular weight is 474 g/mol. The molecule has 0 spiro atoms. The highest BCUT2D eigenvalue weighted by Crippen LogP contribution is 2.46. The van der Waals surface area contributed by atoms with Crippen LogP contribution in [0.4, 0.5) is 0 Å². The molecule has 3 rings (SSSR count). The molecule has 1 N–H and O–H groups in total. The molecular formula is C25H35N3O4S. The van der Waals surface area contributed by atoms with Gasteiger partial charge in [-0.3, -0.25) is 9.59 Å². The van der Waals surface area contributed by atoms with Crippen LogP contribution in [0.25, 0.3) is 0 Å². The first kappa shape index (κ1) is 25.1. The fourth-order valence-corrected chi connectivity index (χ4v) is 5.31. The lowest BCUT2D eigenvalue weighted by atomic mass is 9.81. The third kappa shape index (κ3) is 5.33. The van der Waals surface area contributed by atoms with E-state index >= 15 is 0 Å². The van der Waals surface area contributed by atoms with Crippen LogP contribution in [0, 0.1) is 0 Å². The van der Waals surface area contributed by atoms with E-state index in [-0.39, 0.29) is 17.9 Å². The molecule has 1 aromatic heterocycles. The number of thiophene rings is 1. The number of likely N-dealkylation sites (N-methyl/N-ethyl adjacent to an activating group) is 2. The Morgan fingerprint density at radius 1 is 1.18 bits per heavy atom. The maximum absolute atomic E-state index is 13.6. The van der Waals surface area contributed by atoms with Gasteiger partial charge in [0.25, 0.3) is 5.91 Å². The highest BCUT2D eigenvalue weighted by Gasteiger charge is 2.44. The number of hydrogen-bond acceptors (Lipinski definition) is 6. The van der Waals surface area contributed by atoms with Crippen LogP contribution < -0.4 is 14.8 Å². The number of amides is 2. The molecule has 1 aliphatic heterocycles. The Hall–Kier alpha value is -2.58. The van der Waals surface area contributed by atoms with Crippen molar-refractivity contribution in [2.45, 2.75) is 38.6 Å². The minimum absolute atomic E-state index is 0.0900. The first-order chi connectivity index (χ1) is 16.0. The van der Waals surface area contributed by atoms with Crippen molar-refractivity contribution in [3.05, 3.63) is 45.6 Å². The highest BCUT2D eigenvalue weighted by molar-refractivity contribution is 7.10. The fraction of sp³-hybridized carbons (Fsp3) is 0.520. The number of fused-ring (bicyclic) bond motifs is 1. The Morgan fingerprint density at radius 2 is 1.91 bits per heavy atom. The van der Waals surface area contributed by atoms with E-state index < -0.39 is 5.92 Å². The summed E-state index contributed by atoms with van der Waals surface area (Å²) in [7, 11) is 4.86. The van der Waals surface area contributed by atoms with Crippen LogP contribution in [-0.2, 0) is 4.79 Å². The third-order valence-electron chi connectivity index (χ3n) is 6.29. The lowest BCUT2D eigenvalue weighted by Gasteiger charge is -2.39. The smallest absolute Gasteiger partial charge is 0.254 e. The zero-order chi connectivity index (χ0) is 24.0. The number of benzene rings is 1. The number of ether oxygens (including phenoxy) is 2. The number of carbonyl (C=O) groups excluding carboxylic acids is 2. The molecule has 2 atom stereocenters. The predicted octanol–water partition coefficient (Wildman–Crippen LogP) is 3.91. The molecular weight excluding hydrogens is 438 g/mol. The van der Waals surface area contributed by atoms with Crippen molar-refractivity contribution < 1.29 is 19.1 Å². The Morgan fingerprint density at radius 3 is 2.52 bits per heavy atom. The minimum atomic E-state index is -0.549. The largest absolute Gasteiger partial charge is 0.493 e.